The van der Waals surface area contributed by atoms with Crippen LogP contribution in [0.15, 0.2) is 47.5 Å². The van der Waals surface area contributed by atoms with Crippen LogP contribution in [0.3, 0.4) is 0 Å². The molecule has 1 aromatic carbocycles. The predicted molar refractivity (Wildman–Crippen MR) is 223 cm³/mol. The van der Waals surface area contributed by atoms with Gasteiger partial charge >= 0.3 is 5.00 Å². The highest BCUT2D eigenvalue weighted by atomic mass is 32.1. The van der Waals surface area contributed by atoms with Gasteiger partial charge in [-0.15, -0.1) is 0 Å². The Hall–Kier alpha value is -6.83. The van der Waals surface area contributed by atoms with E-state index in [1.54, 1.807) is 34.9 Å². The van der Waals surface area contributed by atoms with Crippen molar-refractivity contribution in [3.63, 3.8) is 0 Å². The second-order valence-corrected chi connectivity index (χ2v) is 15.4. The topological polar surface area (TPSA) is 240 Å². The van der Waals surface area contributed by atoms with Gasteiger partial charge in [0.2, 0.25) is 17.8 Å². The van der Waals surface area contributed by atoms with Crippen molar-refractivity contribution in [3.8, 4) is 0 Å². The molecule has 5 aromatic rings. The van der Waals surface area contributed by atoms with Gasteiger partial charge < -0.3 is 25.8 Å². The minimum absolute atomic E-state index is 0.0277. The second-order valence-electron chi connectivity index (χ2n) is 14.4. The number of nitro groups is 1. The number of nitrogens with one attached hydrogen (secondary N) is 4. The fourth-order valence-corrected chi connectivity index (χ4v) is 8.27. The van der Waals surface area contributed by atoms with Crippen molar-refractivity contribution in [1.29, 1.82) is 0 Å². The van der Waals surface area contributed by atoms with Crippen molar-refractivity contribution in [3.05, 3.63) is 85.6 Å². The minimum Gasteiger partial charge on any atom is -0.376 e. The number of ketones is 1. The summed E-state index contributed by atoms with van der Waals surface area (Å²) in [4.78, 5) is 96.6. The summed E-state index contributed by atoms with van der Waals surface area (Å²) in [6.07, 6.45) is 7.09. The fourth-order valence-electron chi connectivity index (χ4n) is 7.49. The van der Waals surface area contributed by atoms with Gasteiger partial charge in [0.15, 0.2) is 10.9 Å². The fraction of sp³-hybridized carbons (Fsp3) is 0.359. The number of hydrogen-bond donors (Lipinski definition) is 4. The number of benzene rings is 1. The maximum absolute atomic E-state index is 13.6. The molecule has 2 fully saturated rings. The van der Waals surface area contributed by atoms with Crippen LogP contribution in [-0.2, 0) is 9.59 Å². The van der Waals surface area contributed by atoms with Gasteiger partial charge in [-0.3, -0.25) is 44.0 Å². The van der Waals surface area contributed by atoms with E-state index in [1.165, 1.54) is 32.9 Å². The van der Waals surface area contributed by atoms with Crippen molar-refractivity contribution in [2.24, 2.45) is 0 Å². The summed E-state index contributed by atoms with van der Waals surface area (Å²) in [7, 11) is 0. The standard InChI is InChI=1S/C39H42N12O7S/c1-21-29-19-42-38(46-34(29)50(26-7-5-6-8-26)36(56)33(21)23(3)52)45-31-12-10-27(18-41-31)48-13-15-49(16-14-48)32(54)20-40-25-9-11-28(30(17-25)44-24(4)53)35(55)47-39-43-22(2)37(59-39)51(57)58/h9-12,17-19,26,40H,5-8,13-16,20H2,1-4H3,(H,44,53)(H,43,47,55)(H,41,42,45,46). The van der Waals surface area contributed by atoms with E-state index >= 15 is 0 Å². The molecule has 0 spiro atoms. The summed E-state index contributed by atoms with van der Waals surface area (Å²) < 4.78 is 1.67. The van der Waals surface area contributed by atoms with Gasteiger partial charge in [0.25, 0.3) is 11.5 Å². The van der Waals surface area contributed by atoms with E-state index in [2.05, 4.69) is 41.1 Å². The summed E-state index contributed by atoms with van der Waals surface area (Å²) in [5.41, 5.74) is 2.78. The van der Waals surface area contributed by atoms with Crippen LogP contribution in [0.2, 0.25) is 0 Å². The molecule has 19 nitrogen and oxygen atoms in total. The van der Waals surface area contributed by atoms with E-state index in [1.807, 2.05) is 12.1 Å². The first-order chi connectivity index (χ1) is 28.3. The Bertz CT molecular complexity index is 2540. The van der Waals surface area contributed by atoms with Gasteiger partial charge in [0.05, 0.1) is 40.2 Å². The zero-order valence-corrected chi connectivity index (χ0v) is 33.6. The van der Waals surface area contributed by atoms with Crippen LogP contribution in [-0.4, -0.2) is 90.6 Å². The third-order valence-electron chi connectivity index (χ3n) is 10.4. The van der Waals surface area contributed by atoms with E-state index in [4.69, 9.17) is 4.98 Å². The molecule has 4 aromatic heterocycles. The van der Waals surface area contributed by atoms with E-state index in [9.17, 15) is 34.1 Å². The molecule has 1 saturated heterocycles. The lowest BCUT2D eigenvalue weighted by atomic mass is 10.0. The van der Waals surface area contributed by atoms with Crippen LogP contribution in [0, 0.1) is 24.0 Å². The molecule has 306 valence electrons. The van der Waals surface area contributed by atoms with Gasteiger partial charge in [-0.05, 0) is 80.8 Å². The number of thiazole rings is 1. The Morgan fingerprint density at radius 2 is 1.69 bits per heavy atom. The maximum Gasteiger partial charge on any atom is 0.348 e. The van der Waals surface area contributed by atoms with Crippen LogP contribution in [0.25, 0.3) is 11.0 Å². The first-order valence-electron chi connectivity index (χ1n) is 19.0. The number of carbonyl (C=O) groups excluding carboxylic acids is 4. The Morgan fingerprint density at radius 1 is 0.949 bits per heavy atom. The second kappa shape index (κ2) is 16.9. The van der Waals surface area contributed by atoms with Gasteiger partial charge in [-0.1, -0.05) is 12.8 Å². The lowest BCUT2D eigenvalue weighted by molar-refractivity contribution is -0.380. The Kier molecular flexibility index (Phi) is 11.6. The van der Waals surface area contributed by atoms with Crippen molar-refractivity contribution >= 4 is 84.8 Å². The minimum atomic E-state index is -0.620. The normalized spacial score (nSPS) is 14.3. The van der Waals surface area contributed by atoms with E-state index in [0.29, 0.717) is 54.3 Å². The number of piperazine rings is 1. The van der Waals surface area contributed by atoms with Crippen molar-refractivity contribution in [1.82, 2.24) is 29.4 Å². The third-order valence-corrected chi connectivity index (χ3v) is 11.4. The van der Waals surface area contributed by atoms with Crippen LogP contribution in [0.1, 0.15) is 77.5 Å². The summed E-state index contributed by atoms with van der Waals surface area (Å²) in [6, 6.07) is 8.32. The Balaban J connectivity index is 0.948. The van der Waals surface area contributed by atoms with Crippen molar-refractivity contribution in [2.75, 3.05) is 58.9 Å². The molecular formula is C39H42N12O7S. The number of amides is 3. The molecule has 4 N–H and O–H groups in total. The van der Waals surface area contributed by atoms with E-state index in [0.717, 1.165) is 42.7 Å². The van der Waals surface area contributed by atoms with Gasteiger partial charge in [-0.2, -0.15) is 4.98 Å². The maximum atomic E-state index is 13.6. The first-order valence-corrected chi connectivity index (χ1v) is 19.9. The Labute approximate surface area is 341 Å². The number of nitrogens with zero attached hydrogens (tertiary/aromatic N) is 8. The molecule has 2 aliphatic rings. The third kappa shape index (κ3) is 8.71. The highest BCUT2D eigenvalue weighted by Crippen LogP contribution is 2.33. The van der Waals surface area contributed by atoms with E-state index < -0.39 is 16.7 Å². The molecule has 1 aliphatic carbocycles. The SMILES string of the molecule is CC(=O)Nc1cc(NCC(=O)N2CCN(c3ccc(Nc4ncc5c(C)c(C(C)=O)c(=O)n(C6CCCC6)c5n4)nc3)CC2)ccc1C(=O)Nc1nc(C)c([N+](=O)[O-])s1. The molecule has 1 saturated carbocycles. The van der Waals surface area contributed by atoms with Crippen LogP contribution in [0.5, 0.6) is 0 Å². The number of aryl methyl sites for hydroxylation is 2. The van der Waals surface area contributed by atoms with Gasteiger partial charge in [-0.25, -0.2) is 15.0 Å². The average molecular weight is 823 g/mol. The average Bonchev–Trinajstić information content (AvgIpc) is 3.87. The number of Topliss-reactive ketones (excluding diaryl/α,β-unsaturated/α-hetero) is 1. The largest absolute Gasteiger partial charge is 0.376 e. The zero-order valence-electron chi connectivity index (χ0n) is 32.8. The quantitative estimate of drug-likeness (QED) is 0.0719. The molecule has 0 atom stereocenters. The molecule has 0 bridgehead atoms. The number of aromatic nitrogens is 5. The van der Waals surface area contributed by atoms with Gasteiger partial charge in [0, 0.05) is 56.4 Å². The molecule has 1 aliphatic heterocycles. The van der Waals surface area contributed by atoms with Crippen molar-refractivity contribution < 1.29 is 24.1 Å². The van der Waals surface area contributed by atoms with Crippen LogP contribution < -0.4 is 31.7 Å². The van der Waals surface area contributed by atoms with E-state index in [-0.39, 0.29) is 68.4 Å². The molecule has 59 heavy (non-hydrogen) atoms. The summed E-state index contributed by atoms with van der Waals surface area (Å²) in [5.74, 6) is -0.652. The zero-order chi connectivity index (χ0) is 42.0. The van der Waals surface area contributed by atoms with Crippen LogP contribution in [0.4, 0.5) is 39.0 Å². The molecule has 3 amide bonds. The number of anilines is 6. The Morgan fingerprint density at radius 3 is 2.34 bits per heavy atom. The number of carbonyl (C=O) groups is 4. The number of pyridine rings is 2. The van der Waals surface area contributed by atoms with Gasteiger partial charge in [0.1, 0.15) is 17.2 Å². The molecular weight excluding hydrogens is 781 g/mol. The summed E-state index contributed by atoms with van der Waals surface area (Å²) in [5, 5.41) is 23.1. The summed E-state index contributed by atoms with van der Waals surface area (Å²) in [6.45, 7) is 8.01. The molecule has 0 radical (unpaired) electrons. The lowest BCUT2D eigenvalue weighted by Gasteiger charge is -2.36. The molecule has 5 heterocycles. The predicted octanol–water partition coefficient (Wildman–Crippen LogP) is 5.20. The summed E-state index contributed by atoms with van der Waals surface area (Å²) >= 11 is 0.731. The molecule has 20 heteroatoms. The molecule has 7 rings (SSSR count). The first kappa shape index (κ1) is 40.4. The monoisotopic (exact) mass is 822 g/mol. The highest BCUT2D eigenvalue weighted by Gasteiger charge is 2.27. The number of hydrogen-bond acceptors (Lipinski definition) is 15. The van der Waals surface area contributed by atoms with Crippen LogP contribution >= 0.6 is 11.3 Å². The number of fused-ring (bicyclic) bond motifs is 1. The highest BCUT2D eigenvalue weighted by molar-refractivity contribution is 7.19. The van der Waals surface area contributed by atoms with Crippen molar-refractivity contribution in [2.45, 2.75) is 59.4 Å². The molecule has 0 unspecified atom stereocenters. The number of rotatable bonds is 12. The lowest BCUT2D eigenvalue weighted by Crippen LogP contribution is -2.50. The smallest absolute Gasteiger partial charge is 0.348 e.